The van der Waals surface area contributed by atoms with Crippen molar-refractivity contribution in [3.05, 3.63) is 23.8 Å². The Hall–Kier alpha value is -1.55. The van der Waals surface area contributed by atoms with Gasteiger partial charge in [0.25, 0.3) is 0 Å². The molecule has 0 unspecified atom stereocenters. The van der Waals surface area contributed by atoms with Crippen LogP contribution in [0.1, 0.15) is 5.56 Å². The minimum absolute atomic E-state index is 0.0626. The van der Waals surface area contributed by atoms with Crippen molar-refractivity contribution in [2.45, 2.75) is 6.42 Å². The van der Waals surface area contributed by atoms with E-state index in [2.05, 4.69) is 0 Å². The van der Waals surface area contributed by atoms with Crippen LogP contribution in [0.2, 0.25) is 0 Å². The highest BCUT2D eigenvalue weighted by atomic mass is 16.5. The lowest BCUT2D eigenvalue weighted by atomic mass is 10.1. The van der Waals surface area contributed by atoms with Gasteiger partial charge in [0.1, 0.15) is 5.75 Å². The van der Waals surface area contributed by atoms with Crippen LogP contribution in [0.3, 0.4) is 0 Å². The van der Waals surface area contributed by atoms with Gasteiger partial charge in [-0.2, -0.15) is 0 Å². The molecule has 1 aliphatic rings. The number of fused-ring (bicyclic) bond motifs is 1. The minimum atomic E-state index is 0.0626. The Morgan fingerprint density at radius 1 is 1.53 bits per heavy atom. The topological polar surface area (TPSA) is 49.8 Å². The number of ether oxygens (including phenoxy) is 1. The van der Waals surface area contributed by atoms with Crippen molar-refractivity contribution < 1.29 is 14.6 Å². The molecule has 15 heavy (non-hydrogen) atoms. The largest absolute Gasteiger partial charge is 0.508 e. The van der Waals surface area contributed by atoms with Crippen LogP contribution < -0.4 is 4.90 Å². The average Bonchev–Trinajstić information content (AvgIpc) is 2.50. The number of benzene rings is 1. The molecule has 2 rings (SSSR count). The molecule has 0 spiro atoms. The third-order valence-corrected chi connectivity index (χ3v) is 2.52. The van der Waals surface area contributed by atoms with E-state index in [-0.39, 0.29) is 11.7 Å². The van der Waals surface area contributed by atoms with Gasteiger partial charge in [-0.1, -0.05) is 0 Å². The van der Waals surface area contributed by atoms with Crippen LogP contribution in [-0.2, 0) is 16.0 Å². The third-order valence-electron chi connectivity index (χ3n) is 2.52. The molecule has 0 fully saturated rings. The second-order valence-corrected chi connectivity index (χ2v) is 3.53. The summed E-state index contributed by atoms with van der Waals surface area (Å²) in [4.78, 5) is 13.3. The number of carbonyl (C=O) groups excluding carboxylic acids is 1. The molecule has 1 heterocycles. The fraction of sp³-hybridized carbons (Fsp3) is 0.364. The van der Waals surface area contributed by atoms with E-state index in [4.69, 9.17) is 4.74 Å². The molecule has 0 aromatic heterocycles. The highest BCUT2D eigenvalue weighted by Crippen LogP contribution is 2.31. The molecular formula is C11H13NO3. The average molecular weight is 207 g/mol. The number of anilines is 1. The number of carbonyl (C=O) groups is 1. The second kappa shape index (κ2) is 3.90. The number of hydrogen-bond donors (Lipinski definition) is 1. The first-order valence-corrected chi connectivity index (χ1v) is 4.83. The van der Waals surface area contributed by atoms with Crippen molar-refractivity contribution in [3.8, 4) is 5.75 Å². The predicted molar refractivity (Wildman–Crippen MR) is 56.0 cm³/mol. The van der Waals surface area contributed by atoms with Crippen LogP contribution in [-0.4, -0.2) is 31.3 Å². The minimum Gasteiger partial charge on any atom is -0.508 e. The van der Waals surface area contributed by atoms with Crippen molar-refractivity contribution in [1.29, 1.82) is 0 Å². The van der Waals surface area contributed by atoms with Gasteiger partial charge in [0.2, 0.25) is 5.91 Å². The molecule has 0 radical (unpaired) electrons. The number of phenolic OH excluding ortho intramolecular Hbond substituents is 1. The van der Waals surface area contributed by atoms with Gasteiger partial charge in [0.15, 0.2) is 0 Å². The standard InChI is InChI=1S/C11H13NO3/c1-15-5-4-12-10-3-2-9(13)6-8(10)7-11(12)14/h2-3,6,13H,4-5,7H2,1H3. The molecule has 4 heteroatoms. The zero-order valence-electron chi connectivity index (χ0n) is 8.56. The Morgan fingerprint density at radius 2 is 2.33 bits per heavy atom. The molecule has 80 valence electrons. The summed E-state index contributed by atoms with van der Waals surface area (Å²) in [7, 11) is 1.61. The normalized spacial score (nSPS) is 14.5. The maximum atomic E-state index is 11.6. The van der Waals surface area contributed by atoms with Gasteiger partial charge < -0.3 is 14.7 Å². The summed E-state index contributed by atoms with van der Waals surface area (Å²) < 4.78 is 4.95. The first-order valence-electron chi connectivity index (χ1n) is 4.83. The summed E-state index contributed by atoms with van der Waals surface area (Å²) in [5.41, 5.74) is 1.77. The number of amides is 1. The third kappa shape index (κ3) is 1.80. The summed E-state index contributed by atoms with van der Waals surface area (Å²) in [6, 6.07) is 5.00. The number of methoxy groups -OCH3 is 1. The smallest absolute Gasteiger partial charge is 0.231 e. The predicted octanol–water partition coefficient (Wildman–Crippen LogP) is 0.928. The summed E-state index contributed by atoms with van der Waals surface area (Å²) in [5.74, 6) is 0.266. The Bertz CT molecular complexity index is 389. The number of hydrogen-bond acceptors (Lipinski definition) is 3. The van der Waals surface area contributed by atoms with Gasteiger partial charge >= 0.3 is 0 Å². The van der Waals surface area contributed by atoms with E-state index >= 15 is 0 Å². The van der Waals surface area contributed by atoms with Crippen molar-refractivity contribution in [3.63, 3.8) is 0 Å². The van der Waals surface area contributed by atoms with E-state index in [1.807, 2.05) is 0 Å². The first kappa shape index (κ1) is 9.98. The maximum absolute atomic E-state index is 11.6. The summed E-state index contributed by atoms with van der Waals surface area (Å²) >= 11 is 0. The van der Waals surface area contributed by atoms with E-state index in [0.29, 0.717) is 19.6 Å². The molecule has 4 nitrogen and oxygen atoms in total. The summed E-state index contributed by atoms with van der Waals surface area (Å²) in [6.07, 6.45) is 0.368. The van der Waals surface area contributed by atoms with Crippen LogP contribution in [0.5, 0.6) is 5.75 Å². The van der Waals surface area contributed by atoms with Crippen LogP contribution in [0.25, 0.3) is 0 Å². The van der Waals surface area contributed by atoms with Gasteiger partial charge in [0.05, 0.1) is 13.0 Å². The molecular weight excluding hydrogens is 194 g/mol. The van der Waals surface area contributed by atoms with Gasteiger partial charge in [-0.05, 0) is 23.8 Å². The van der Waals surface area contributed by atoms with Crippen molar-refractivity contribution >= 4 is 11.6 Å². The molecule has 0 aliphatic carbocycles. The van der Waals surface area contributed by atoms with Crippen LogP contribution >= 0.6 is 0 Å². The van der Waals surface area contributed by atoms with E-state index in [0.717, 1.165) is 11.3 Å². The van der Waals surface area contributed by atoms with Crippen LogP contribution in [0.15, 0.2) is 18.2 Å². The Labute approximate surface area is 88.1 Å². The van der Waals surface area contributed by atoms with Crippen molar-refractivity contribution in [2.24, 2.45) is 0 Å². The van der Waals surface area contributed by atoms with Crippen molar-refractivity contribution in [2.75, 3.05) is 25.2 Å². The lowest BCUT2D eigenvalue weighted by Gasteiger charge is -2.16. The van der Waals surface area contributed by atoms with E-state index in [1.54, 1.807) is 30.2 Å². The molecule has 0 saturated carbocycles. The number of aromatic hydroxyl groups is 1. The maximum Gasteiger partial charge on any atom is 0.231 e. The molecule has 1 aromatic carbocycles. The van der Waals surface area contributed by atoms with Crippen LogP contribution in [0.4, 0.5) is 5.69 Å². The molecule has 0 atom stereocenters. The zero-order valence-corrected chi connectivity index (χ0v) is 8.56. The number of rotatable bonds is 3. The van der Waals surface area contributed by atoms with Gasteiger partial charge in [-0.3, -0.25) is 4.79 Å². The SMILES string of the molecule is COCCN1C(=O)Cc2cc(O)ccc21. The molecule has 1 N–H and O–H groups in total. The molecule has 1 amide bonds. The first-order chi connectivity index (χ1) is 7.22. The highest BCUT2D eigenvalue weighted by molar-refractivity contribution is 6.01. The Balaban J connectivity index is 2.25. The Kier molecular flexibility index (Phi) is 2.60. The lowest BCUT2D eigenvalue weighted by Crippen LogP contribution is -2.30. The fourth-order valence-electron chi connectivity index (χ4n) is 1.80. The quantitative estimate of drug-likeness (QED) is 0.802. The monoisotopic (exact) mass is 207 g/mol. The number of nitrogens with zero attached hydrogens (tertiary/aromatic N) is 1. The lowest BCUT2D eigenvalue weighted by molar-refractivity contribution is -0.117. The van der Waals surface area contributed by atoms with Gasteiger partial charge in [-0.15, -0.1) is 0 Å². The molecule has 0 saturated heterocycles. The fourth-order valence-corrected chi connectivity index (χ4v) is 1.80. The second-order valence-electron chi connectivity index (χ2n) is 3.53. The summed E-state index contributed by atoms with van der Waals surface area (Å²) in [6.45, 7) is 1.08. The zero-order chi connectivity index (χ0) is 10.8. The van der Waals surface area contributed by atoms with E-state index in [9.17, 15) is 9.90 Å². The summed E-state index contributed by atoms with van der Waals surface area (Å²) in [5, 5.41) is 9.29. The molecule has 1 aliphatic heterocycles. The van der Waals surface area contributed by atoms with E-state index < -0.39 is 0 Å². The van der Waals surface area contributed by atoms with Gasteiger partial charge in [0, 0.05) is 19.3 Å². The molecule has 0 bridgehead atoms. The van der Waals surface area contributed by atoms with Crippen molar-refractivity contribution in [1.82, 2.24) is 0 Å². The molecule has 1 aromatic rings. The van der Waals surface area contributed by atoms with Crippen LogP contribution in [0, 0.1) is 0 Å². The Morgan fingerprint density at radius 3 is 3.07 bits per heavy atom. The number of phenols is 1. The van der Waals surface area contributed by atoms with Gasteiger partial charge in [-0.25, -0.2) is 0 Å². The van der Waals surface area contributed by atoms with E-state index in [1.165, 1.54) is 0 Å². The highest BCUT2D eigenvalue weighted by Gasteiger charge is 2.26.